The minimum atomic E-state index is -0.336. The molecule has 3 heteroatoms. The summed E-state index contributed by atoms with van der Waals surface area (Å²) in [7, 11) is 4.21. The SMILES string of the molecule is C=CC(=O)OC(C)[N+](C)(C)CCCCCCCC. The van der Waals surface area contributed by atoms with Gasteiger partial charge in [0.25, 0.3) is 0 Å². The second-order valence-electron chi connectivity index (χ2n) is 5.51. The summed E-state index contributed by atoms with van der Waals surface area (Å²) in [5.41, 5.74) is 0. The maximum absolute atomic E-state index is 11.2. The first-order valence-corrected chi connectivity index (χ1v) is 7.09. The van der Waals surface area contributed by atoms with E-state index in [0.717, 1.165) is 6.54 Å². The molecule has 0 aromatic carbocycles. The Morgan fingerprint density at radius 2 is 1.78 bits per heavy atom. The van der Waals surface area contributed by atoms with Crippen molar-refractivity contribution in [3.05, 3.63) is 12.7 Å². The van der Waals surface area contributed by atoms with Gasteiger partial charge in [-0.15, -0.1) is 0 Å². The van der Waals surface area contributed by atoms with Crippen LogP contribution >= 0.6 is 0 Å². The molecular weight excluding hydrogens is 226 g/mol. The molecule has 1 atom stereocenters. The van der Waals surface area contributed by atoms with Crippen LogP contribution in [0.5, 0.6) is 0 Å². The highest BCUT2D eigenvalue weighted by Gasteiger charge is 2.25. The normalized spacial score (nSPS) is 13.1. The Morgan fingerprint density at radius 1 is 1.22 bits per heavy atom. The lowest BCUT2D eigenvalue weighted by Crippen LogP contribution is -2.49. The minimum Gasteiger partial charge on any atom is -0.410 e. The number of carbonyl (C=O) groups is 1. The Balaban J connectivity index is 3.84. The van der Waals surface area contributed by atoms with Crippen LogP contribution in [-0.4, -0.2) is 37.3 Å². The van der Waals surface area contributed by atoms with Crippen molar-refractivity contribution < 1.29 is 14.0 Å². The first-order valence-electron chi connectivity index (χ1n) is 7.09. The fourth-order valence-electron chi connectivity index (χ4n) is 1.84. The van der Waals surface area contributed by atoms with E-state index in [2.05, 4.69) is 27.6 Å². The summed E-state index contributed by atoms with van der Waals surface area (Å²) in [6.07, 6.45) is 8.84. The van der Waals surface area contributed by atoms with E-state index < -0.39 is 0 Å². The molecule has 0 bridgehead atoms. The van der Waals surface area contributed by atoms with Gasteiger partial charge in [0, 0.05) is 13.0 Å². The summed E-state index contributed by atoms with van der Waals surface area (Å²) < 4.78 is 5.99. The van der Waals surface area contributed by atoms with Crippen LogP contribution in [0.25, 0.3) is 0 Å². The van der Waals surface area contributed by atoms with Gasteiger partial charge in [0.05, 0.1) is 20.6 Å². The lowest BCUT2D eigenvalue weighted by atomic mass is 10.1. The van der Waals surface area contributed by atoms with E-state index in [4.69, 9.17) is 4.74 Å². The predicted molar refractivity (Wildman–Crippen MR) is 76.1 cm³/mol. The summed E-state index contributed by atoms with van der Waals surface area (Å²) in [5.74, 6) is -0.336. The standard InChI is InChI=1S/C15H30NO2/c1-6-8-9-10-11-12-13-16(4,5)14(3)18-15(17)7-2/h7,14H,2,6,8-13H2,1,3-5H3/q+1. The zero-order valence-electron chi connectivity index (χ0n) is 12.6. The van der Waals surface area contributed by atoms with E-state index >= 15 is 0 Å². The Hall–Kier alpha value is -0.830. The fraction of sp³-hybridized carbons (Fsp3) is 0.800. The van der Waals surface area contributed by atoms with Crippen molar-refractivity contribution in [1.82, 2.24) is 0 Å². The summed E-state index contributed by atoms with van der Waals surface area (Å²) in [6, 6.07) is 0. The van der Waals surface area contributed by atoms with Crippen LogP contribution in [0.4, 0.5) is 0 Å². The van der Waals surface area contributed by atoms with Crippen LogP contribution in [-0.2, 0) is 9.53 Å². The van der Waals surface area contributed by atoms with Gasteiger partial charge in [0.15, 0.2) is 0 Å². The molecule has 0 aliphatic carbocycles. The number of esters is 1. The van der Waals surface area contributed by atoms with E-state index in [1.165, 1.54) is 44.6 Å². The molecule has 0 rings (SSSR count). The molecular formula is C15H30NO2+. The van der Waals surface area contributed by atoms with Crippen LogP contribution in [0, 0.1) is 0 Å². The van der Waals surface area contributed by atoms with Crippen LogP contribution in [0.15, 0.2) is 12.7 Å². The number of quaternary nitrogens is 1. The minimum absolute atomic E-state index is 0.119. The summed E-state index contributed by atoms with van der Waals surface area (Å²) in [4.78, 5) is 11.2. The number of unbranched alkanes of at least 4 members (excludes halogenated alkanes) is 5. The van der Waals surface area contributed by atoms with Gasteiger partial charge in [-0.25, -0.2) is 4.79 Å². The monoisotopic (exact) mass is 256 g/mol. The van der Waals surface area contributed by atoms with Crippen LogP contribution in [0.3, 0.4) is 0 Å². The highest BCUT2D eigenvalue weighted by atomic mass is 16.6. The molecule has 0 aromatic heterocycles. The van der Waals surface area contributed by atoms with Gasteiger partial charge in [0.2, 0.25) is 6.23 Å². The largest absolute Gasteiger partial charge is 0.410 e. The van der Waals surface area contributed by atoms with Crippen molar-refractivity contribution in [2.45, 2.75) is 58.6 Å². The molecule has 0 N–H and O–H groups in total. The van der Waals surface area contributed by atoms with Crippen molar-refractivity contribution in [3.63, 3.8) is 0 Å². The molecule has 0 fully saturated rings. The molecule has 1 unspecified atom stereocenters. The molecule has 0 aliphatic rings. The third kappa shape index (κ3) is 7.49. The quantitative estimate of drug-likeness (QED) is 0.197. The van der Waals surface area contributed by atoms with Gasteiger partial charge >= 0.3 is 5.97 Å². The molecule has 0 spiro atoms. The van der Waals surface area contributed by atoms with Gasteiger partial charge in [-0.3, -0.25) is 4.48 Å². The molecule has 0 aliphatic heterocycles. The van der Waals surface area contributed by atoms with Crippen molar-refractivity contribution in [2.24, 2.45) is 0 Å². The first kappa shape index (κ1) is 17.2. The summed E-state index contributed by atoms with van der Waals surface area (Å²) >= 11 is 0. The van der Waals surface area contributed by atoms with Crippen LogP contribution in [0.2, 0.25) is 0 Å². The molecule has 0 amide bonds. The average molecular weight is 256 g/mol. The third-order valence-corrected chi connectivity index (χ3v) is 3.53. The zero-order valence-corrected chi connectivity index (χ0v) is 12.6. The number of rotatable bonds is 10. The molecule has 0 aromatic rings. The molecule has 106 valence electrons. The van der Waals surface area contributed by atoms with E-state index in [-0.39, 0.29) is 12.2 Å². The second-order valence-corrected chi connectivity index (χ2v) is 5.51. The average Bonchev–Trinajstić information content (AvgIpc) is 2.33. The zero-order chi connectivity index (χ0) is 14.0. The molecule has 0 saturated carbocycles. The van der Waals surface area contributed by atoms with E-state index in [9.17, 15) is 4.79 Å². The Morgan fingerprint density at radius 3 is 2.33 bits per heavy atom. The molecule has 3 nitrogen and oxygen atoms in total. The highest BCUT2D eigenvalue weighted by molar-refractivity contribution is 5.81. The first-order chi connectivity index (χ1) is 8.44. The van der Waals surface area contributed by atoms with E-state index in [0.29, 0.717) is 4.48 Å². The molecule has 0 saturated heterocycles. The van der Waals surface area contributed by atoms with Gasteiger partial charge in [-0.1, -0.05) is 39.2 Å². The number of nitrogens with zero attached hydrogens (tertiary/aromatic N) is 1. The number of ether oxygens (including phenoxy) is 1. The number of hydrogen-bond donors (Lipinski definition) is 0. The second kappa shape index (κ2) is 9.15. The number of hydrogen-bond acceptors (Lipinski definition) is 2. The lowest BCUT2D eigenvalue weighted by Gasteiger charge is -2.34. The maximum Gasteiger partial charge on any atom is 0.334 e. The van der Waals surface area contributed by atoms with Crippen LogP contribution in [0.1, 0.15) is 52.4 Å². The van der Waals surface area contributed by atoms with Crippen molar-refractivity contribution in [1.29, 1.82) is 0 Å². The van der Waals surface area contributed by atoms with Gasteiger partial charge < -0.3 is 4.74 Å². The van der Waals surface area contributed by atoms with Crippen molar-refractivity contribution >= 4 is 5.97 Å². The Labute approximate surface area is 112 Å². The molecule has 0 radical (unpaired) electrons. The topological polar surface area (TPSA) is 26.3 Å². The fourth-order valence-corrected chi connectivity index (χ4v) is 1.84. The van der Waals surface area contributed by atoms with Crippen LogP contribution < -0.4 is 0 Å². The summed E-state index contributed by atoms with van der Waals surface area (Å²) in [6.45, 7) is 8.63. The number of carbonyl (C=O) groups excluding carboxylic acids is 1. The van der Waals surface area contributed by atoms with Gasteiger partial charge in [-0.2, -0.15) is 0 Å². The highest BCUT2D eigenvalue weighted by Crippen LogP contribution is 2.12. The lowest BCUT2D eigenvalue weighted by molar-refractivity contribution is -0.932. The molecule has 0 heterocycles. The maximum atomic E-state index is 11.2. The smallest absolute Gasteiger partial charge is 0.334 e. The van der Waals surface area contributed by atoms with Crippen molar-refractivity contribution in [3.8, 4) is 0 Å². The van der Waals surface area contributed by atoms with Gasteiger partial charge in [-0.05, 0) is 12.8 Å². The predicted octanol–water partition coefficient (Wildman–Crippen LogP) is 3.50. The van der Waals surface area contributed by atoms with Crippen molar-refractivity contribution in [2.75, 3.05) is 20.6 Å². The molecule has 18 heavy (non-hydrogen) atoms. The Kier molecular flexibility index (Phi) is 8.73. The van der Waals surface area contributed by atoms with E-state index in [1.807, 2.05) is 6.92 Å². The van der Waals surface area contributed by atoms with Gasteiger partial charge in [0.1, 0.15) is 0 Å². The third-order valence-electron chi connectivity index (χ3n) is 3.53. The summed E-state index contributed by atoms with van der Waals surface area (Å²) in [5, 5.41) is 0. The van der Waals surface area contributed by atoms with E-state index in [1.54, 1.807) is 0 Å². The Bertz CT molecular complexity index is 249.